The summed E-state index contributed by atoms with van der Waals surface area (Å²) < 4.78 is 0. The second-order valence-corrected chi connectivity index (χ2v) is 5.53. The Morgan fingerprint density at radius 2 is 1.50 bits per heavy atom. The summed E-state index contributed by atoms with van der Waals surface area (Å²) in [5, 5.41) is 0.411. The van der Waals surface area contributed by atoms with E-state index in [4.69, 9.17) is 11.6 Å². The van der Waals surface area contributed by atoms with Gasteiger partial charge in [-0.2, -0.15) is 0 Å². The highest BCUT2D eigenvalue weighted by Crippen LogP contribution is 2.31. The van der Waals surface area contributed by atoms with Gasteiger partial charge in [-0.05, 0) is 32.7 Å². The molecule has 0 aromatic carbocycles. The van der Waals surface area contributed by atoms with Gasteiger partial charge in [0.05, 0.1) is 0 Å². The molecule has 2 aliphatic carbocycles. The molecule has 2 rings (SSSR count). The fraction of sp³-hybridized carbons (Fsp3) is 1.00. The Morgan fingerprint density at radius 1 is 0.929 bits per heavy atom. The van der Waals surface area contributed by atoms with Gasteiger partial charge < -0.3 is 0 Å². The zero-order valence-electron chi connectivity index (χ0n) is 9.21. The van der Waals surface area contributed by atoms with Crippen molar-refractivity contribution in [1.29, 1.82) is 0 Å². The molecule has 2 unspecified atom stereocenters. The van der Waals surface area contributed by atoms with E-state index in [-0.39, 0.29) is 0 Å². The second kappa shape index (κ2) is 4.85. The average molecular weight is 216 g/mol. The molecule has 0 heterocycles. The third-order valence-electron chi connectivity index (χ3n) is 4.07. The summed E-state index contributed by atoms with van der Waals surface area (Å²) in [6.45, 7) is 0. The molecule has 0 bridgehead atoms. The molecule has 0 aromatic heterocycles. The Kier molecular flexibility index (Phi) is 3.73. The molecule has 2 saturated carbocycles. The van der Waals surface area contributed by atoms with Crippen molar-refractivity contribution in [2.75, 3.05) is 7.05 Å². The summed E-state index contributed by atoms with van der Waals surface area (Å²) in [4.78, 5) is 2.59. The summed E-state index contributed by atoms with van der Waals surface area (Å²) >= 11 is 6.41. The molecule has 0 aliphatic heterocycles. The van der Waals surface area contributed by atoms with Crippen LogP contribution in [0.5, 0.6) is 0 Å². The van der Waals surface area contributed by atoms with Gasteiger partial charge in [-0.15, -0.1) is 11.6 Å². The summed E-state index contributed by atoms with van der Waals surface area (Å²) in [7, 11) is 2.29. The van der Waals surface area contributed by atoms with E-state index in [1.165, 1.54) is 51.4 Å². The predicted molar refractivity (Wildman–Crippen MR) is 61.9 cm³/mol. The van der Waals surface area contributed by atoms with Crippen molar-refractivity contribution in [3.05, 3.63) is 0 Å². The van der Waals surface area contributed by atoms with Crippen LogP contribution in [0.4, 0.5) is 0 Å². The van der Waals surface area contributed by atoms with Gasteiger partial charge in [0.15, 0.2) is 0 Å². The Hall–Kier alpha value is 0.250. The van der Waals surface area contributed by atoms with E-state index in [0.717, 1.165) is 6.04 Å². The first kappa shape index (κ1) is 10.8. The molecule has 0 N–H and O–H groups in total. The van der Waals surface area contributed by atoms with E-state index in [1.54, 1.807) is 0 Å². The van der Waals surface area contributed by atoms with Gasteiger partial charge >= 0.3 is 0 Å². The second-order valence-electron chi connectivity index (χ2n) is 4.97. The van der Waals surface area contributed by atoms with Crippen LogP contribution in [-0.2, 0) is 0 Å². The zero-order chi connectivity index (χ0) is 9.97. The van der Waals surface area contributed by atoms with Crippen LogP contribution in [0, 0.1) is 0 Å². The van der Waals surface area contributed by atoms with Crippen molar-refractivity contribution in [3.8, 4) is 0 Å². The maximum absolute atomic E-state index is 6.41. The molecule has 2 heteroatoms. The lowest BCUT2D eigenvalue weighted by molar-refractivity contribution is 0.142. The quantitative estimate of drug-likeness (QED) is 0.639. The first-order chi connectivity index (χ1) is 6.79. The van der Waals surface area contributed by atoms with Gasteiger partial charge in [0, 0.05) is 17.5 Å². The molecular weight excluding hydrogens is 194 g/mol. The third kappa shape index (κ3) is 2.25. The van der Waals surface area contributed by atoms with E-state index in [1.807, 2.05) is 0 Å². The van der Waals surface area contributed by atoms with Gasteiger partial charge in [-0.3, -0.25) is 4.90 Å². The highest BCUT2D eigenvalue weighted by molar-refractivity contribution is 6.21. The van der Waals surface area contributed by atoms with E-state index < -0.39 is 0 Å². The molecule has 2 atom stereocenters. The van der Waals surface area contributed by atoms with Gasteiger partial charge in [0.25, 0.3) is 0 Å². The molecular formula is C12H22ClN. The van der Waals surface area contributed by atoms with Crippen LogP contribution >= 0.6 is 11.6 Å². The molecule has 1 nitrogen and oxygen atoms in total. The average Bonchev–Trinajstić information content (AvgIpc) is 2.70. The molecule has 0 amide bonds. The fourth-order valence-electron chi connectivity index (χ4n) is 3.11. The zero-order valence-corrected chi connectivity index (χ0v) is 9.97. The first-order valence-electron chi connectivity index (χ1n) is 6.15. The van der Waals surface area contributed by atoms with Crippen molar-refractivity contribution in [2.45, 2.75) is 68.8 Å². The summed E-state index contributed by atoms with van der Waals surface area (Å²) in [5.41, 5.74) is 0. The molecule has 0 aromatic rings. The fourth-order valence-corrected chi connectivity index (χ4v) is 3.57. The van der Waals surface area contributed by atoms with Gasteiger partial charge in [0.1, 0.15) is 0 Å². The van der Waals surface area contributed by atoms with Crippen LogP contribution in [0.15, 0.2) is 0 Å². The smallest absolute Gasteiger partial charge is 0.0491 e. The lowest BCUT2D eigenvalue weighted by atomic mass is 9.93. The van der Waals surface area contributed by atoms with Crippen molar-refractivity contribution >= 4 is 11.6 Å². The van der Waals surface area contributed by atoms with Crippen LogP contribution < -0.4 is 0 Å². The van der Waals surface area contributed by atoms with Crippen LogP contribution in [0.2, 0.25) is 0 Å². The highest BCUT2D eigenvalue weighted by Gasteiger charge is 2.31. The van der Waals surface area contributed by atoms with Crippen LogP contribution in [0.1, 0.15) is 51.4 Å². The molecule has 0 saturated heterocycles. The third-order valence-corrected chi connectivity index (χ3v) is 4.58. The summed E-state index contributed by atoms with van der Waals surface area (Å²) in [6.07, 6.45) is 10.9. The minimum absolute atomic E-state index is 0.411. The lowest BCUT2D eigenvalue weighted by Crippen LogP contribution is -2.45. The predicted octanol–water partition coefficient (Wildman–Crippen LogP) is 3.41. The van der Waals surface area contributed by atoms with Crippen molar-refractivity contribution in [3.63, 3.8) is 0 Å². The highest BCUT2D eigenvalue weighted by atomic mass is 35.5. The number of rotatable bonds is 2. The summed E-state index contributed by atoms with van der Waals surface area (Å²) in [6, 6.07) is 1.49. The van der Waals surface area contributed by atoms with Crippen LogP contribution in [0.25, 0.3) is 0 Å². The standard InChI is InChI=1S/C12H22ClN/c1-14(10-6-2-3-7-10)12-9-5-4-8-11(12)13/h10-12H,2-9H2,1H3. The van der Waals surface area contributed by atoms with E-state index in [2.05, 4.69) is 11.9 Å². The van der Waals surface area contributed by atoms with Crippen LogP contribution in [0.3, 0.4) is 0 Å². The van der Waals surface area contributed by atoms with Gasteiger partial charge in [-0.25, -0.2) is 0 Å². The number of hydrogen-bond donors (Lipinski definition) is 0. The maximum Gasteiger partial charge on any atom is 0.0491 e. The Morgan fingerprint density at radius 3 is 2.14 bits per heavy atom. The van der Waals surface area contributed by atoms with E-state index in [0.29, 0.717) is 11.4 Å². The van der Waals surface area contributed by atoms with E-state index in [9.17, 15) is 0 Å². The maximum atomic E-state index is 6.41. The van der Waals surface area contributed by atoms with Crippen molar-refractivity contribution < 1.29 is 0 Å². The molecule has 82 valence electrons. The Balaban J connectivity index is 1.91. The number of halogens is 1. The van der Waals surface area contributed by atoms with Gasteiger partial charge in [0.2, 0.25) is 0 Å². The molecule has 0 spiro atoms. The minimum Gasteiger partial charge on any atom is -0.299 e. The first-order valence-corrected chi connectivity index (χ1v) is 6.58. The Labute approximate surface area is 92.8 Å². The molecule has 14 heavy (non-hydrogen) atoms. The number of nitrogens with zero attached hydrogens (tertiary/aromatic N) is 1. The number of alkyl halides is 1. The Bertz CT molecular complexity index is 177. The van der Waals surface area contributed by atoms with Crippen molar-refractivity contribution in [1.82, 2.24) is 4.90 Å². The number of hydrogen-bond acceptors (Lipinski definition) is 1. The lowest BCUT2D eigenvalue weighted by Gasteiger charge is -2.38. The topological polar surface area (TPSA) is 3.24 Å². The van der Waals surface area contributed by atoms with Crippen molar-refractivity contribution in [2.24, 2.45) is 0 Å². The largest absolute Gasteiger partial charge is 0.299 e. The molecule has 0 radical (unpaired) electrons. The SMILES string of the molecule is CN(C1CCCC1)C1CCCCC1Cl. The van der Waals surface area contributed by atoms with E-state index >= 15 is 0 Å². The minimum atomic E-state index is 0.411. The molecule has 2 aliphatic rings. The monoisotopic (exact) mass is 215 g/mol. The summed E-state index contributed by atoms with van der Waals surface area (Å²) in [5.74, 6) is 0. The normalized spacial score (nSPS) is 35.4. The van der Waals surface area contributed by atoms with Crippen LogP contribution in [-0.4, -0.2) is 29.4 Å². The molecule has 2 fully saturated rings. The van der Waals surface area contributed by atoms with Gasteiger partial charge in [-0.1, -0.05) is 25.7 Å².